The van der Waals surface area contributed by atoms with E-state index in [0.717, 1.165) is 5.56 Å². The molecule has 1 aromatic rings. The topological polar surface area (TPSA) is 55.2 Å². The van der Waals surface area contributed by atoms with Gasteiger partial charge >= 0.3 is 0 Å². The van der Waals surface area contributed by atoms with E-state index >= 15 is 0 Å². The summed E-state index contributed by atoms with van der Waals surface area (Å²) in [6.07, 6.45) is 2.48. The number of aliphatic hydroxyl groups is 1. The highest BCUT2D eigenvalue weighted by molar-refractivity contribution is 5.08. The summed E-state index contributed by atoms with van der Waals surface area (Å²) in [5.41, 5.74) is 0.735. The fraction of sp³-hybridized carbons (Fsp3) is 0.500. The molecule has 4 nitrogen and oxygen atoms in total. The Labute approximate surface area is 71.2 Å². The van der Waals surface area contributed by atoms with Crippen LogP contribution >= 0.6 is 0 Å². The number of aromatic nitrogens is 2. The zero-order valence-corrected chi connectivity index (χ0v) is 6.97. The largest absolute Gasteiger partial charge is 0.386 e. The van der Waals surface area contributed by atoms with Crippen molar-refractivity contribution < 1.29 is 9.84 Å². The van der Waals surface area contributed by atoms with Crippen molar-refractivity contribution in [2.75, 3.05) is 13.2 Å². The molecule has 0 saturated heterocycles. The zero-order valence-electron chi connectivity index (χ0n) is 6.97. The minimum absolute atomic E-state index is 0.308. The maximum Gasteiger partial charge on any atom is 0.104 e. The van der Waals surface area contributed by atoms with Gasteiger partial charge in [0, 0.05) is 18.4 Å². The van der Waals surface area contributed by atoms with Gasteiger partial charge in [-0.15, -0.1) is 0 Å². The molecule has 0 aromatic carbocycles. The molecule has 0 fully saturated rings. The molecule has 1 N–H and O–H groups in total. The van der Waals surface area contributed by atoms with Gasteiger partial charge in [0.25, 0.3) is 0 Å². The molecule has 0 amide bonds. The van der Waals surface area contributed by atoms with Crippen molar-refractivity contribution in [1.29, 1.82) is 0 Å². The number of ether oxygens (including phenoxy) is 1. The molecule has 1 heterocycles. The number of hydrogen-bond donors (Lipinski definition) is 1. The van der Waals surface area contributed by atoms with Crippen LogP contribution in [0.15, 0.2) is 18.5 Å². The normalized spacial score (nSPS) is 12.8. The molecule has 0 bridgehead atoms. The molecule has 4 heteroatoms. The van der Waals surface area contributed by atoms with Crippen LogP contribution in [-0.4, -0.2) is 28.5 Å². The molecule has 66 valence electrons. The van der Waals surface area contributed by atoms with E-state index in [1.54, 1.807) is 12.3 Å². The highest BCUT2D eigenvalue weighted by Crippen LogP contribution is 2.09. The quantitative estimate of drug-likeness (QED) is 0.713. The smallest absolute Gasteiger partial charge is 0.104 e. The molecule has 0 spiro atoms. The van der Waals surface area contributed by atoms with Crippen LogP contribution in [0.3, 0.4) is 0 Å². The molecule has 0 radical (unpaired) electrons. The van der Waals surface area contributed by atoms with Crippen molar-refractivity contribution in [3.8, 4) is 0 Å². The van der Waals surface area contributed by atoms with Crippen LogP contribution in [0.5, 0.6) is 0 Å². The molecule has 1 atom stereocenters. The first-order valence-electron chi connectivity index (χ1n) is 3.87. The molecule has 0 aliphatic heterocycles. The van der Waals surface area contributed by atoms with Crippen LogP contribution in [0.1, 0.15) is 18.6 Å². The third-order valence-electron chi connectivity index (χ3n) is 1.47. The van der Waals surface area contributed by atoms with E-state index in [-0.39, 0.29) is 0 Å². The summed E-state index contributed by atoms with van der Waals surface area (Å²) in [7, 11) is 0. The lowest BCUT2D eigenvalue weighted by molar-refractivity contribution is 0.0418. The summed E-state index contributed by atoms with van der Waals surface area (Å²) in [4.78, 5) is 0. The predicted octanol–water partition coefficient (Wildman–Crippen LogP) is 0.547. The molecular formula is C8H12N2O2. The number of hydrogen-bond acceptors (Lipinski definition) is 4. The summed E-state index contributed by atoms with van der Waals surface area (Å²) in [5.74, 6) is 0. The Balaban J connectivity index is 2.48. The van der Waals surface area contributed by atoms with Gasteiger partial charge in [-0.25, -0.2) is 0 Å². The Morgan fingerprint density at radius 1 is 1.58 bits per heavy atom. The maximum absolute atomic E-state index is 9.46. The molecule has 1 aromatic heterocycles. The van der Waals surface area contributed by atoms with Gasteiger partial charge in [-0.3, -0.25) is 0 Å². The predicted molar refractivity (Wildman–Crippen MR) is 43.5 cm³/mol. The highest BCUT2D eigenvalue weighted by atomic mass is 16.5. The number of nitrogens with zero attached hydrogens (tertiary/aromatic N) is 2. The summed E-state index contributed by atoms with van der Waals surface area (Å²) < 4.78 is 5.05. The number of aliphatic hydroxyl groups excluding tert-OH is 1. The standard InChI is InChI=1S/C8H12N2O2/c1-2-12-6-8(11)7-3-4-9-10-5-7/h3-5,8,11H,2,6H2,1H3. The second-order valence-corrected chi connectivity index (χ2v) is 2.35. The molecule has 12 heavy (non-hydrogen) atoms. The van der Waals surface area contributed by atoms with Crippen molar-refractivity contribution in [3.05, 3.63) is 24.0 Å². The van der Waals surface area contributed by atoms with E-state index in [9.17, 15) is 5.11 Å². The van der Waals surface area contributed by atoms with Gasteiger partial charge in [0.2, 0.25) is 0 Å². The van der Waals surface area contributed by atoms with Gasteiger partial charge in [0.1, 0.15) is 6.10 Å². The summed E-state index contributed by atoms with van der Waals surface area (Å²) in [6, 6.07) is 1.72. The monoisotopic (exact) mass is 168 g/mol. The van der Waals surface area contributed by atoms with Crippen LogP contribution in [0, 0.1) is 0 Å². The van der Waals surface area contributed by atoms with Crippen molar-refractivity contribution in [2.45, 2.75) is 13.0 Å². The van der Waals surface area contributed by atoms with Crippen LogP contribution in [0.25, 0.3) is 0 Å². The Bertz CT molecular complexity index is 216. The fourth-order valence-corrected chi connectivity index (χ4v) is 0.824. The van der Waals surface area contributed by atoms with E-state index in [1.165, 1.54) is 6.20 Å². The zero-order chi connectivity index (χ0) is 8.81. The Morgan fingerprint density at radius 2 is 2.42 bits per heavy atom. The first-order chi connectivity index (χ1) is 5.84. The van der Waals surface area contributed by atoms with Gasteiger partial charge in [-0.2, -0.15) is 10.2 Å². The van der Waals surface area contributed by atoms with E-state index in [1.807, 2.05) is 6.92 Å². The minimum atomic E-state index is -0.597. The minimum Gasteiger partial charge on any atom is -0.386 e. The average molecular weight is 168 g/mol. The maximum atomic E-state index is 9.46. The molecular weight excluding hydrogens is 156 g/mol. The second-order valence-electron chi connectivity index (χ2n) is 2.35. The number of rotatable bonds is 4. The van der Waals surface area contributed by atoms with Crippen molar-refractivity contribution in [1.82, 2.24) is 10.2 Å². The summed E-state index contributed by atoms with van der Waals surface area (Å²) in [5, 5.41) is 16.7. The van der Waals surface area contributed by atoms with Crippen molar-refractivity contribution in [2.24, 2.45) is 0 Å². The molecule has 0 aliphatic carbocycles. The van der Waals surface area contributed by atoms with E-state index in [0.29, 0.717) is 13.2 Å². The first kappa shape index (κ1) is 9.09. The van der Waals surface area contributed by atoms with Gasteiger partial charge in [-0.1, -0.05) is 0 Å². The van der Waals surface area contributed by atoms with Crippen LogP contribution in [-0.2, 0) is 4.74 Å². The van der Waals surface area contributed by atoms with E-state index in [2.05, 4.69) is 10.2 Å². The Kier molecular flexibility index (Phi) is 3.63. The summed E-state index contributed by atoms with van der Waals surface area (Å²) in [6.45, 7) is 2.80. The van der Waals surface area contributed by atoms with Crippen LogP contribution in [0.2, 0.25) is 0 Å². The van der Waals surface area contributed by atoms with Gasteiger partial charge in [-0.05, 0) is 13.0 Å². The lowest BCUT2D eigenvalue weighted by atomic mass is 10.2. The third kappa shape index (κ3) is 2.56. The Morgan fingerprint density at radius 3 is 3.00 bits per heavy atom. The Hall–Kier alpha value is -1.00. The first-order valence-corrected chi connectivity index (χ1v) is 3.87. The van der Waals surface area contributed by atoms with Crippen molar-refractivity contribution >= 4 is 0 Å². The van der Waals surface area contributed by atoms with Gasteiger partial charge in [0.15, 0.2) is 0 Å². The average Bonchev–Trinajstić information content (AvgIpc) is 2.15. The molecule has 1 unspecified atom stereocenters. The highest BCUT2D eigenvalue weighted by Gasteiger charge is 2.06. The lowest BCUT2D eigenvalue weighted by Crippen LogP contribution is -2.07. The SMILES string of the molecule is CCOCC(O)c1ccnnc1. The third-order valence-corrected chi connectivity index (χ3v) is 1.47. The van der Waals surface area contributed by atoms with Gasteiger partial charge < -0.3 is 9.84 Å². The molecule has 0 saturated carbocycles. The van der Waals surface area contributed by atoms with Crippen LogP contribution in [0.4, 0.5) is 0 Å². The fourth-order valence-electron chi connectivity index (χ4n) is 0.824. The second kappa shape index (κ2) is 4.79. The van der Waals surface area contributed by atoms with Crippen LogP contribution < -0.4 is 0 Å². The summed E-state index contributed by atoms with van der Waals surface area (Å²) >= 11 is 0. The van der Waals surface area contributed by atoms with E-state index < -0.39 is 6.10 Å². The lowest BCUT2D eigenvalue weighted by Gasteiger charge is -2.08. The van der Waals surface area contributed by atoms with Crippen molar-refractivity contribution in [3.63, 3.8) is 0 Å². The molecule has 1 rings (SSSR count). The van der Waals surface area contributed by atoms with Gasteiger partial charge in [0.05, 0.1) is 12.8 Å². The molecule has 0 aliphatic rings. The van der Waals surface area contributed by atoms with E-state index in [4.69, 9.17) is 4.74 Å².